The second-order valence-electron chi connectivity index (χ2n) is 6.72. The van der Waals surface area contributed by atoms with Crippen LogP contribution in [-0.4, -0.2) is 42.5 Å². The van der Waals surface area contributed by atoms with Crippen LogP contribution in [-0.2, 0) is 15.8 Å². The van der Waals surface area contributed by atoms with Gasteiger partial charge < -0.3 is 15.0 Å². The number of halogens is 3. The van der Waals surface area contributed by atoms with Crippen LogP contribution in [0.25, 0.3) is 0 Å². The molecule has 1 aromatic carbocycles. The van der Waals surface area contributed by atoms with E-state index in [0.29, 0.717) is 32.0 Å². The van der Waals surface area contributed by atoms with Crippen LogP contribution in [0.4, 0.5) is 13.2 Å². The minimum atomic E-state index is -4.53. The van der Waals surface area contributed by atoms with Crippen molar-refractivity contribution in [2.45, 2.75) is 37.9 Å². The fourth-order valence-electron chi connectivity index (χ4n) is 3.00. The minimum Gasteiger partial charge on any atom is -0.483 e. The number of para-hydroxylation sites is 1. The Bertz CT molecular complexity index is 666. The average Bonchev–Trinajstić information content (AvgIpc) is 3.43. The third kappa shape index (κ3) is 4.68. The van der Waals surface area contributed by atoms with E-state index in [-0.39, 0.29) is 23.5 Å². The maximum absolute atomic E-state index is 12.9. The van der Waals surface area contributed by atoms with Crippen LogP contribution in [0.3, 0.4) is 0 Å². The van der Waals surface area contributed by atoms with Crippen molar-refractivity contribution in [3.05, 3.63) is 29.8 Å². The Balaban J connectivity index is 1.48. The molecule has 142 valence electrons. The van der Waals surface area contributed by atoms with Crippen LogP contribution in [0.5, 0.6) is 5.75 Å². The van der Waals surface area contributed by atoms with Crippen molar-refractivity contribution in [2.24, 2.45) is 5.92 Å². The zero-order chi connectivity index (χ0) is 18.7. The summed E-state index contributed by atoms with van der Waals surface area (Å²) < 4.78 is 43.9. The van der Waals surface area contributed by atoms with Gasteiger partial charge in [0.05, 0.1) is 5.56 Å². The van der Waals surface area contributed by atoms with Gasteiger partial charge in [-0.05, 0) is 37.8 Å². The maximum atomic E-state index is 12.9. The van der Waals surface area contributed by atoms with E-state index < -0.39 is 18.3 Å². The van der Waals surface area contributed by atoms with Crippen LogP contribution in [0.2, 0.25) is 0 Å². The molecule has 0 atom stereocenters. The van der Waals surface area contributed by atoms with Gasteiger partial charge in [-0.2, -0.15) is 13.2 Å². The number of rotatable bonds is 5. The number of alkyl halides is 3. The van der Waals surface area contributed by atoms with Crippen molar-refractivity contribution in [2.75, 3.05) is 19.7 Å². The Labute approximate surface area is 149 Å². The Kier molecular flexibility index (Phi) is 5.38. The highest BCUT2D eigenvalue weighted by Gasteiger charge is 2.35. The van der Waals surface area contributed by atoms with Gasteiger partial charge in [-0.1, -0.05) is 12.1 Å². The second-order valence-corrected chi connectivity index (χ2v) is 6.72. The predicted molar refractivity (Wildman–Crippen MR) is 87.4 cm³/mol. The fourth-order valence-corrected chi connectivity index (χ4v) is 3.00. The minimum absolute atomic E-state index is 0.0370. The molecule has 1 aromatic rings. The molecule has 0 spiro atoms. The number of hydrogen-bond donors (Lipinski definition) is 1. The number of hydrogen-bond acceptors (Lipinski definition) is 3. The summed E-state index contributed by atoms with van der Waals surface area (Å²) in [6.45, 7) is 0.365. The zero-order valence-electron chi connectivity index (χ0n) is 14.2. The van der Waals surface area contributed by atoms with Gasteiger partial charge in [0.15, 0.2) is 6.61 Å². The third-order valence-corrected chi connectivity index (χ3v) is 4.69. The van der Waals surface area contributed by atoms with E-state index in [1.54, 1.807) is 0 Å². The van der Waals surface area contributed by atoms with Gasteiger partial charge in [-0.15, -0.1) is 0 Å². The quantitative estimate of drug-likeness (QED) is 0.867. The van der Waals surface area contributed by atoms with Crippen molar-refractivity contribution in [1.29, 1.82) is 0 Å². The van der Waals surface area contributed by atoms with Crippen LogP contribution in [0, 0.1) is 5.92 Å². The molecule has 5 nitrogen and oxygen atoms in total. The lowest BCUT2D eigenvalue weighted by Gasteiger charge is -2.31. The molecule has 1 aliphatic heterocycles. The van der Waals surface area contributed by atoms with Crippen LogP contribution in [0.15, 0.2) is 24.3 Å². The summed E-state index contributed by atoms with van der Waals surface area (Å²) in [4.78, 5) is 25.8. The molecule has 1 heterocycles. The number of benzene rings is 1. The highest BCUT2D eigenvalue weighted by atomic mass is 19.4. The second kappa shape index (κ2) is 7.55. The summed E-state index contributed by atoms with van der Waals surface area (Å²) in [7, 11) is 0. The smallest absolute Gasteiger partial charge is 0.419 e. The largest absolute Gasteiger partial charge is 0.483 e. The van der Waals surface area contributed by atoms with Crippen molar-refractivity contribution in [3.63, 3.8) is 0 Å². The first-order valence-electron chi connectivity index (χ1n) is 8.72. The number of amides is 2. The number of nitrogens with one attached hydrogen (secondary N) is 1. The van der Waals surface area contributed by atoms with Crippen LogP contribution in [0.1, 0.15) is 31.2 Å². The van der Waals surface area contributed by atoms with Crippen LogP contribution >= 0.6 is 0 Å². The van der Waals surface area contributed by atoms with Crippen molar-refractivity contribution < 1.29 is 27.5 Å². The molecule has 2 fully saturated rings. The average molecular weight is 370 g/mol. The fraction of sp³-hybridized carbons (Fsp3) is 0.556. The molecule has 1 N–H and O–H groups in total. The first-order chi connectivity index (χ1) is 12.3. The molecule has 1 saturated heterocycles. The Morgan fingerprint density at radius 2 is 1.77 bits per heavy atom. The molecule has 2 aliphatic rings. The van der Waals surface area contributed by atoms with Crippen LogP contribution < -0.4 is 10.1 Å². The highest BCUT2D eigenvalue weighted by Crippen LogP contribution is 2.35. The van der Waals surface area contributed by atoms with E-state index in [4.69, 9.17) is 4.74 Å². The summed E-state index contributed by atoms with van der Waals surface area (Å²) in [5.74, 6) is -0.795. The Morgan fingerprint density at radius 3 is 2.38 bits per heavy atom. The lowest BCUT2D eigenvalue weighted by Crippen LogP contribution is -2.44. The SMILES string of the molecule is O=C(NC1CC1)C1CCN(C(=O)COc2ccccc2C(F)(F)F)CC1. The molecule has 0 unspecified atom stereocenters. The van der Waals surface area contributed by atoms with E-state index in [9.17, 15) is 22.8 Å². The lowest BCUT2D eigenvalue weighted by molar-refractivity contribution is -0.141. The Hall–Kier alpha value is -2.25. The zero-order valence-corrected chi connectivity index (χ0v) is 14.2. The molecule has 26 heavy (non-hydrogen) atoms. The summed E-state index contributed by atoms with van der Waals surface area (Å²) in [6.07, 6.45) is -1.36. The number of carbonyl (C=O) groups is 2. The van der Waals surface area contributed by atoms with E-state index >= 15 is 0 Å². The van der Waals surface area contributed by atoms with Gasteiger partial charge in [-0.3, -0.25) is 9.59 Å². The summed E-state index contributed by atoms with van der Waals surface area (Å²) in [6, 6.07) is 5.13. The number of nitrogens with zero attached hydrogens (tertiary/aromatic N) is 1. The highest BCUT2D eigenvalue weighted by molar-refractivity contribution is 5.81. The van der Waals surface area contributed by atoms with Gasteiger partial charge in [0, 0.05) is 25.0 Å². The molecule has 0 aromatic heterocycles. The van der Waals surface area contributed by atoms with E-state index in [0.717, 1.165) is 18.9 Å². The number of ether oxygens (including phenoxy) is 1. The van der Waals surface area contributed by atoms with Gasteiger partial charge in [0.1, 0.15) is 5.75 Å². The Morgan fingerprint density at radius 1 is 1.12 bits per heavy atom. The van der Waals surface area contributed by atoms with Gasteiger partial charge in [0.2, 0.25) is 5.91 Å². The monoisotopic (exact) mass is 370 g/mol. The molecular formula is C18H21F3N2O3. The molecule has 0 bridgehead atoms. The third-order valence-electron chi connectivity index (χ3n) is 4.69. The lowest BCUT2D eigenvalue weighted by atomic mass is 9.96. The van der Waals surface area contributed by atoms with Gasteiger partial charge in [-0.25, -0.2) is 0 Å². The van der Waals surface area contributed by atoms with E-state index in [2.05, 4.69) is 5.32 Å². The van der Waals surface area contributed by atoms with Crippen molar-refractivity contribution in [3.8, 4) is 5.75 Å². The normalized spacial score (nSPS) is 18.5. The van der Waals surface area contributed by atoms with E-state index in [1.807, 2.05) is 0 Å². The standard InChI is InChI=1S/C18H21F3N2O3/c19-18(20,21)14-3-1-2-4-15(14)26-11-16(24)23-9-7-12(8-10-23)17(25)22-13-5-6-13/h1-4,12-13H,5-11H2,(H,22,25). The molecule has 1 aliphatic carbocycles. The maximum Gasteiger partial charge on any atom is 0.419 e. The summed E-state index contributed by atoms with van der Waals surface area (Å²) >= 11 is 0. The first kappa shape index (κ1) is 18.5. The molecular weight excluding hydrogens is 349 g/mol. The molecule has 0 radical (unpaired) electrons. The predicted octanol–water partition coefficient (Wildman–Crippen LogP) is 2.60. The van der Waals surface area contributed by atoms with Crippen molar-refractivity contribution >= 4 is 11.8 Å². The number of likely N-dealkylation sites (tertiary alicyclic amines) is 1. The molecule has 2 amide bonds. The molecule has 8 heteroatoms. The molecule has 1 saturated carbocycles. The number of piperidine rings is 1. The van der Waals surface area contributed by atoms with Gasteiger partial charge in [0.25, 0.3) is 5.91 Å². The topological polar surface area (TPSA) is 58.6 Å². The summed E-state index contributed by atoms with van der Waals surface area (Å²) in [5, 5.41) is 2.96. The van der Waals surface area contributed by atoms with Gasteiger partial charge >= 0.3 is 6.18 Å². The summed E-state index contributed by atoms with van der Waals surface area (Å²) in [5.41, 5.74) is -0.900. The van der Waals surface area contributed by atoms with E-state index in [1.165, 1.54) is 23.1 Å². The first-order valence-corrected chi connectivity index (χ1v) is 8.72. The molecule has 3 rings (SSSR count). The number of carbonyl (C=O) groups excluding carboxylic acids is 2. The van der Waals surface area contributed by atoms with Crippen molar-refractivity contribution in [1.82, 2.24) is 10.2 Å².